The Labute approximate surface area is 156 Å². The Morgan fingerprint density at radius 1 is 1.21 bits per heavy atom. The predicted molar refractivity (Wildman–Crippen MR) is 101 cm³/mol. The van der Waals surface area contributed by atoms with Gasteiger partial charge in [0.2, 0.25) is 5.91 Å². The number of hydrogen-bond donors (Lipinski definition) is 0. The summed E-state index contributed by atoms with van der Waals surface area (Å²) in [5.74, 6) is 1.35. The Balaban J connectivity index is 1.69. The number of rotatable bonds is 2. The lowest BCUT2D eigenvalue weighted by molar-refractivity contribution is -0.137. The molecule has 3 rings (SSSR count). The molecule has 2 aliphatic rings. The van der Waals surface area contributed by atoms with E-state index in [1.807, 2.05) is 54.8 Å². The third-order valence-corrected chi connectivity index (χ3v) is 6.89. The van der Waals surface area contributed by atoms with Gasteiger partial charge in [0.15, 0.2) is 0 Å². The maximum atomic E-state index is 12.7. The van der Waals surface area contributed by atoms with E-state index in [1.54, 1.807) is 0 Å². The average Bonchev–Trinajstić information content (AvgIpc) is 2.97. The number of benzene rings is 1. The highest BCUT2D eigenvalue weighted by Gasteiger charge is 2.47. The third kappa shape index (κ3) is 3.36. The van der Waals surface area contributed by atoms with E-state index in [2.05, 4.69) is 20.8 Å². The summed E-state index contributed by atoms with van der Waals surface area (Å²) in [4.78, 5) is 29.1. The molecule has 1 aromatic carbocycles. The number of thioether (sulfide) groups is 1. The van der Waals surface area contributed by atoms with Crippen LogP contribution in [-0.2, 0) is 4.79 Å². The van der Waals surface area contributed by atoms with Crippen molar-refractivity contribution >= 4 is 39.5 Å². The molecule has 2 saturated heterocycles. The van der Waals surface area contributed by atoms with Gasteiger partial charge < -0.3 is 9.80 Å². The molecule has 0 N–H and O–H groups in total. The fourth-order valence-corrected chi connectivity index (χ4v) is 5.37. The van der Waals surface area contributed by atoms with E-state index in [1.165, 1.54) is 0 Å². The van der Waals surface area contributed by atoms with Crippen LogP contribution in [0.3, 0.4) is 0 Å². The highest BCUT2D eigenvalue weighted by atomic mass is 79.9. The number of piperidine rings is 1. The van der Waals surface area contributed by atoms with E-state index in [0.29, 0.717) is 13.1 Å². The smallest absolute Gasteiger partial charge is 0.253 e. The quantitative estimate of drug-likeness (QED) is 0.747. The van der Waals surface area contributed by atoms with Gasteiger partial charge in [-0.3, -0.25) is 9.59 Å². The van der Waals surface area contributed by atoms with Crippen molar-refractivity contribution in [2.24, 2.45) is 5.92 Å². The highest BCUT2D eigenvalue weighted by molar-refractivity contribution is 9.10. The Bertz CT molecular complexity index is 642. The summed E-state index contributed by atoms with van der Waals surface area (Å²) in [5, 5.41) is 0. The van der Waals surface area contributed by atoms with Gasteiger partial charge >= 0.3 is 0 Å². The van der Waals surface area contributed by atoms with Gasteiger partial charge in [-0.2, -0.15) is 0 Å². The summed E-state index contributed by atoms with van der Waals surface area (Å²) in [5.41, 5.74) is 0.717. The molecule has 0 saturated carbocycles. The molecule has 24 heavy (non-hydrogen) atoms. The van der Waals surface area contributed by atoms with Crippen LogP contribution in [0.1, 0.15) is 37.0 Å². The largest absolute Gasteiger partial charge is 0.338 e. The first-order chi connectivity index (χ1) is 11.4. The van der Waals surface area contributed by atoms with Gasteiger partial charge in [-0.1, -0.05) is 35.8 Å². The van der Waals surface area contributed by atoms with Crippen molar-refractivity contribution in [2.75, 3.05) is 25.4 Å². The second-order valence-corrected chi connectivity index (χ2v) is 9.11. The zero-order valence-corrected chi connectivity index (χ0v) is 16.5. The van der Waals surface area contributed by atoms with Gasteiger partial charge in [0.1, 0.15) is 0 Å². The first kappa shape index (κ1) is 17.8. The Hall–Kier alpha value is -1.01. The van der Waals surface area contributed by atoms with E-state index < -0.39 is 0 Å². The Morgan fingerprint density at radius 2 is 1.92 bits per heavy atom. The molecule has 1 aromatic rings. The topological polar surface area (TPSA) is 40.6 Å². The normalized spacial score (nSPS) is 20.0. The molecule has 0 unspecified atom stereocenters. The maximum Gasteiger partial charge on any atom is 0.253 e. The van der Waals surface area contributed by atoms with E-state index >= 15 is 0 Å². The lowest BCUT2D eigenvalue weighted by Gasteiger charge is -2.44. The van der Waals surface area contributed by atoms with Crippen molar-refractivity contribution in [3.05, 3.63) is 34.3 Å². The third-order valence-electron chi connectivity index (χ3n) is 4.84. The molecule has 0 bridgehead atoms. The zero-order valence-electron chi connectivity index (χ0n) is 14.1. The number of hydrogen-bond acceptors (Lipinski definition) is 3. The van der Waals surface area contributed by atoms with Crippen molar-refractivity contribution < 1.29 is 9.59 Å². The van der Waals surface area contributed by atoms with Crippen LogP contribution >= 0.6 is 27.7 Å². The van der Waals surface area contributed by atoms with E-state index in [4.69, 9.17) is 0 Å². The molecule has 0 atom stereocenters. The Morgan fingerprint density at radius 3 is 2.54 bits per heavy atom. The maximum absolute atomic E-state index is 12.7. The molecule has 0 aromatic heterocycles. The molecular formula is C18H23BrN2O2S. The van der Waals surface area contributed by atoms with Crippen LogP contribution < -0.4 is 0 Å². The molecule has 1 spiro atoms. The summed E-state index contributed by atoms with van der Waals surface area (Å²) < 4.78 is 0.918. The summed E-state index contributed by atoms with van der Waals surface area (Å²) in [6.07, 6.45) is 1.71. The van der Waals surface area contributed by atoms with Crippen molar-refractivity contribution in [1.82, 2.24) is 9.80 Å². The fraction of sp³-hybridized carbons (Fsp3) is 0.556. The minimum atomic E-state index is -0.102. The van der Waals surface area contributed by atoms with Crippen LogP contribution in [0.5, 0.6) is 0 Å². The Kier molecular flexibility index (Phi) is 5.25. The lowest BCUT2D eigenvalue weighted by Crippen LogP contribution is -2.54. The van der Waals surface area contributed by atoms with Gasteiger partial charge in [-0.05, 0) is 31.0 Å². The van der Waals surface area contributed by atoms with Crippen LogP contribution in [0.2, 0.25) is 0 Å². The number of likely N-dealkylation sites (tertiary alicyclic amines) is 1. The van der Waals surface area contributed by atoms with Crippen LogP contribution in [0, 0.1) is 5.92 Å². The number of carbonyl (C=O) groups is 2. The molecule has 2 aliphatic heterocycles. The first-order valence-electron chi connectivity index (χ1n) is 8.43. The molecule has 2 heterocycles. The highest BCUT2D eigenvalue weighted by Crippen LogP contribution is 2.44. The molecule has 2 amide bonds. The number of amides is 2. The summed E-state index contributed by atoms with van der Waals surface area (Å²) in [6.45, 7) is 6.18. The van der Waals surface area contributed by atoms with Crippen LogP contribution in [0.4, 0.5) is 0 Å². The zero-order chi connectivity index (χ0) is 17.3. The number of nitrogens with zero attached hydrogens (tertiary/aromatic N) is 2. The van der Waals surface area contributed by atoms with E-state index in [0.717, 1.165) is 35.2 Å². The van der Waals surface area contributed by atoms with Gasteiger partial charge in [0.05, 0.1) is 4.87 Å². The van der Waals surface area contributed by atoms with Gasteiger partial charge in [-0.25, -0.2) is 0 Å². The number of halogens is 1. The first-order valence-corrected chi connectivity index (χ1v) is 10.2. The van der Waals surface area contributed by atoms with Crippen molar-refractivity contribution in [1.29, 1.82) is 0 Å². The molecule has 2 fully saturated rings. The van der Waals surface area contributed by atoms with Crippen LogP contribution in [0.15, 0.2) is 28.7 Å². The van der Waals surface area contributed by atoms with E-state index in [9.17, 15) is 9.59 Å². The summed E-state index contributed by atoms with van der Waals surface area (Å²) in [7, 11) is 0. The van der Waals surface area contributed by atoms with Gasteiger partial charge in [0, 0.05) is 41.3 Å². The standard InChI is InChI=1S/C18H23BrN2O2S/c1-13(2)16(22)21-10-11-24-18(21)6-8-20(9-7-18)17(23)14-4-3-5-15(19)12-14/h3-5,12-13H,6-11H2,1-2H3. The second kappa shape index (κ2) is 7.08. The summed E-state index contributed by atoms with van der Waals surface area (Å²) >= 11 is 5.31. The van der Waals surface area contributed by atoms with Crippen LogP contribution in [-0.4, -0.2) is 51.9 Å². The lowest BCUT2D eigenvalue weighted by atomic mass is 9.99. The van der Waals surface area contributed by atoms with Crippen LogP contribution in [0.25, 0.3) is 0 Å². The molecular weight excluding hydrogens is 388 g/mol. The summed E-state index contributed by atoms with van der Waals surface area (Å²) in [6, 6.07) is 7.53. The average molecular weight is 411 g/mol. The van der Waals surface area contributed by atoms with Gasteiger partial charge in [0.25, 0.3) is 5.91 Å². The molecule has 6 heteroatoms. The van der Waals surface area contributed by atoms with Crippen molar-refractivity contribution in [3.63, 3.8) is 0 Å². The van der Waals surface area contributed by atoms with E-state index in [-0.39, 0.29) is 22.6 Å². The SMILES string of the molecule is CC(C)C(=O)N1CCSC12CCN(C(=O)c1cccc(Br)c1)CC2. The van der Waals surface area contributed by atoms with Crippen molar-refractivity contribution in [2.45, 2.75) is 31.6 Å². The number of carbonyl (C=O) groups excluding carboxylic acids is 2. The van der Waals surface area contributed by atoms with Crippen molar-refractivity contribution in [3.8, 4) is 0 Å². The fourth-order valence-electron chi connectivity index (χ4n) is 3.51. The van der Waals surface area contributed by atoms with Gasteiger partial charge in [-0.15, -0.1) is 11.8 Å². The second-order valence-electron chi connectivity index (χ2n) is 6.74. The monoisotopic (exact) mass is 410 g/mol. The molecule has 0 aliphatic carbocycles. The molecule has 0 radical (unpaired) electrons. The molecule has 130 valence electrons. The predicted octanol–water partition coefficient (Wildman–Crippen LogP) is 3.61. The molecule has 4 nitrogen and oxygen atoms in total. The minimum absolute atomic E-state index is 0.0295. The minimum Gasteiger partial charge on any atom is -0.338 e.